The molecule has 0 bridgehead atoms. The van der Waals surface area contributed by atoms with E-state index in [0.717, 1.165) is 5.71 Å². The Hall–Kier alpha value is -0.0231. The summed E-state index contributed by atoms with van der Waals surface area (Å²) in [5, 5.41) is 3.65. The van der Waals surface area contributed by atoms with Crippen LogP contribution >= 0.6 is 11.1 Å². The Morgan fingerprint density at radius 1 is 1.62 bits per heavy atom. The summed E-state index contributed by atoms with van der Waals surface area (Å²) in [5.74, 6) is 0. The van der Waals surface area contributed by atoms with E-state index in [9.17, 15) is 0 Å². The fourth-order valence-electron chi connectivity index (χ4n) is 0.154. The Bertz CT molecular complexity index is 90.0. The summed E-state index contributed by atoms with van der Waals surface area (Å²) in [7, 11) is -1.15. The van der Waals surface area contributed by atoms with Crippen LogP contribution in [-0.4, -0.2) is 14.1 Å². The largest absolute Gasteiger partial charge is 0.434 e. The van der Waals surface area contributed by atoms with Gasteiger partial charge in [0.2, 0.25) is 0 Å². The number of halogens is 1. The third-order valence-corrected chi connectivity index (χ3v) is 0.904. The molecule has 0 N–H and O–H groups in total. The van der Waals surface area contributed by atoms with Crippen molar-refractivity contribution in [2.75, 3.05) is 0 Å². The first kappa shape index (κ1) is 7.98. The van der Waals surface area contributed by atoms with Gasteiger partial charge in [0.25, 0.3) is 0 Å². The lowest BCUT2D eigenvalue weighted by Gasteiger charge is -1.95. The molecular formula is C4H9ClNOSi. The predicted molar refractivity (Wildman–Crippen MR) is 37.3 cm³/mol. The highest BCUT2D eigenvalue weighted by molar-refractivity contribution is 7.02. The third kappa shape index (κ3) is 5.98. The Morgan fingerprint density at radius 2 is 2.12 bits per heavy atom. The van der Waals surface area contributed by atoms with Crippen molar-refractivity contribution in [3.63, 3.8) is 0 Å². The molecule has 0 saturated carbocycles. The van der Waals surface area contributed by atoms with Crippen LogP contribution in [-0.2, 0) is 4.53 Å². The number of rotatable bonds is 2. The van der Waals surface area contributed by atoms with E-state index in [1.807, 2.05) is 20.4 Å². The molecule has 0 amide bonds. The molecule has 1 radical (unpaired) electrons. The van der Waals surface area contributed by atoms with Crippen molar-refractivity contribution in [3.05, 3.63) is 0 Å². The Labute approximate surface area is 55.9 Å². The van der Waals surface area contributed by atoms with Crippen LogP contribution in [0.15, 0.2) is 5.16 Å². The first-order valence-electron chi connectivity index (χ1n) is 2.30. The van der Waals surface area contributed by atoms with Gasteiger partial charge < -0.3 is 4.53 Å². The van der Waals surface area contributed by atoms with Gasteiger partial charge in [-0.1, -0.05) is 0 Å². The second-order valence-corrected chi connectivity index (χ2v) is 4.32. The van der Waals surface area contributed by atoms with Crippen molar-refractivity contribution in [1.29, 1.82) is 0 Å². The summed E-state index contributed by atoms with van der Waals surface area (Å²) in [5.41, 5.74) is 0.898. The summed E-state index contributed by atoms with van der Waals surface area (Å²) in [6.45, 7) is 5.54. The van der Waals surface area contributed by atoms with Crippen molar-refractivity contribution in [3.8, 4) is 0 Å². The van der Waals surface area contributed by atoms with Crippen molar-refractivity contribution in [2.45, 2.75) is 20.4 Å². The molecule has 47 valence electrons. The van der Waals surface area contributed by atoms with Gasteiger partial charge >= 0.3 is 8.35 Å². The maximum absolute atomic E-state index is 5.49. The molecule has 0 saturated heterocycles. The minimum absolute atomic E-state index is 0.898. The van der Waals surface area contributed by atoms with Gasteiger partial charge in [0.15, 0.2) is 0 Å². The average Bonchev–Trinajstić information content (AvgIpc) is 1.61. The average molecular weight is 151 g/mol. The van der Waals surface area contributed by atoms with Crippen LogP contribution in [0.5, 0.6) is 0 Å². The lowest BCUT2D eigenvalue weighted by Crippen LogP contribution is -1.99. The van der Waals surface area contributed by atoms with Crippen LogP contribution in [0, 0.1) is 0 Å². The van der Waals surface area contributed by atoms with E-state index in [-0.39, 0.29) is 0 Å². The smallest absolute Gasteiger partial charge is 0.423 e. The molecular weight excluding hydrogens is 142 g/mol. The number of oxime groups is 1. The summed E-state index contributed by atoms with van der Waals surface area (Å²) in [4.78, 5) is 0. The van der Waals surface area contributed by atoms with Gasteiger partial charge in [-0.2, -0.15) is 0 Å². The third-order valence-electron chi connectivity index (χ3n) is 0.354. The van der Waals surface area contributed by atoms with Gasteiger partial charge in [-0.05, 0) is 20.4 Å². The maximum Gasteiger partial charge on any atom is 0.423 e. The lowest BCUT2D eigenvalue weighted by molar-refractivity contribution is 0.359. The van der Waals surface area contributed by atoms with Crippen LogP contribution in [0.4, 0.5) is 0 Å². The van der Waals surface area contributed by atoms with Crippen LogP contribution in [0.1, 0.15) is 13.8 Å². The van der Waals surface area contributed by atoms with Crippen molar-refractivity contribution in [2.24, 2.45) is 5.16 Å². The van der Waals surface area contributed by atoms with Crippen LogP contribution < -0.4 is 0 Å². The summed E-state index contributed by atoms with van der Waals surface area (Å²) in [6.07, 6.45) is 0. The highest BCUT2D eigenvalue weighted by Gasteiger charge is 1.98. The fourth-order valence-corrected chi connectivity index (χ4v) is 0.566. The standard InChI is InChI=1S/C4H9ClNOSi/c1-4(2)6-7-8(3)5/h1-3H3. The molecule has 2 nitrogen and oxygen atoms in total. The van der Waals surface area contributed by atoms with Gasteiger partial charge in [0.1, 0.15) is 0 Å². The normalized spacial score (nSPS) is 9.12. The van der Waals surface area contributed by atoms with Crippen molar-refractivity contribution >= 4 is 25.1 Å². The highest BCUT2D eigenvalue weighted by Crippen LogP contribution is 1.90. The highest BCUT2D eigenvalue weighted by atomic mass is 35.6. The second-order valence-electron chi connectivity index (χ2n) is 1.60. The van der Waals surface area contributed by atoms with E-state index in [4.69, 9.17) is 15.6 Å². The molecule has 8 heavy (non-hydrogen) atoms. The Morgan fingerprint density at radius 3 is 2.25 bits per heavy atom. The van der Waals surface area contributed by atoms with E-state index in [1.165, 1.54) is 0 Å². The molecule has 4 heteroatoms. The zero-order valence-electron chi connectivity index (χ0n) is 5.23. The molecule has 0 unspecified atom stereocenters. The Kier molecular flexibility index (Phi) is 3.91. The van der Waals surface area contributed by atoms with E-state index in [0.29, 0.717) is 0 Å². The fraction of sp³-hybridized carbons (Fsp3) is 0.750. The molecule has 0 fully saturated rings. The zero-order valence-corrected chi connectivity index (χ0v) is 6.99. The van der Waals surface area contributed by atoms with Crippen LogP contribution in [0.2, 0.25) is 6.55 Å². The molecule has 0 aromatic carbocycles. The van der Waals surface area contributed by atoms with E-state index in [2.05, 4.69) is 5.16 Å². The number of hydrogen-bond acceptors (Lipinski definition) is 2. The quantitative estimate of drug-likeness (QED) is 0.255. The van der Waals surface area contributed by atoms with E-state index >= 15 is 0 Å². The molecule has 0 aliphatic carbocycles. The minimum Gasteiger partial charge on any atom is -0.434 e. The molecule has 0 rings (SSSR count). The molecule has 0 aliphatic heterocycles. The summed E-state index contributed by atoms with van der Waals surface area (Å²) >= 11 is 5.49. The van der Waals surface area contributed by atoms with Crippen molar-refractivity contribution < 1.29 is 4.53 Å². The van der Waals surface area contributed by atoms with Crippen molar-refractivity contribution in [1.82, 2.24) is 0 Å². The van der Waals surface area contributed by atoms with Crippen LogP contribution in [0.3, 0.4) is 0 Å². The molecule has 0 spiro atoms. The lowest BCUT2D eigenvalue weighted by atomic mass is 10.5. The Balaban J connectivity index is 3.29. The molecule has 0 aromatic rings. The topological polar surface area (TPSA) is 21.6 Å². The van der Waals surface area contributed by atoms with Gasteiger partial charge in [-0.3, -0.25) is 0 Å². The van der Waals surface area contributed by atoms with E-state index < -0.39 is 8.35 Å². The van der Waals surface area contributed by atoms with Gasteiger partial charge in [0, 0.05) is 5.71 Å². The summed E-state index contributed by atoms with van der Waals surface area (Å²) in [6, 6.07) is 0. The molecule has 0 atom stereocenters. The van der Waals surface area contributed by atoms with Gasteiger partial charge in [-0.25, -0.2) is 0 Å². The second kappa shape index (κ2) is 3.92. The SMILES string of the molecule is CC(C)=NO[Si](C)Cl. The first-order valence-corrected chi connectivity index (χ1v) is 5.22. The monoisotopic (exact) mass is 150 g/mol. The first-order chi connectivity index (χ1) is 3.63. The molecule has 0 aliphatic rings. The zero-order chi connectivity index (χ0) is 6.57. The van der Waals surface area contributed by atoms with Crippen LogP contribution in [0.25, 0.3) is 0 Å². The predicted octanol–water partition coefficient (Wildman–Crippen LogP) is 1.76. The summed E-state index contributed by atoms with van der Waals surface area (Å²) < 4.78 is 4.76. The van der Waals surface area contributed by atoms with E-state index in [1.54, 1.807) is 0 Å². The van der Waals surface area contributed by atoms with Gasteiger partial charge in [0.05, 0.1) is 0 Å². The maximum atomic E-state index is 5.49. The molecule has 0 aromatic heterocycles. The number of nitrogens with zero attached hydrogens (tertiary/aromatic N) is 1. The molecule has 0 heterocycles. The minimum atomic E-state index is -1.15. The van der Waals surface area contributed by atoms with Gasteiger partial charge in [-0.15, -0.1) is 16.2 Å². The number of hydrogen-bond donors (Lipinski definition) is 0.